The van der Waals surface area contributed by atoms with Gasteiger partial charge in [0.25, 0.3) is 0 Å². The summed E-state index contributed by atoms with van der Waals surface area (Å²) in [6, 6.07) is 5.78. The van der Waals surface area contributed by atoms with Crippen molar-refractivity contribution < 1.29 is 4.39 Å². The Kier molecular flexibility index (Phi) is 3.42. The van der Waals surface area contributed by atoms with E-state index in [0.29, 0.717) is 12.0 Å². The zero-order valence-corrected chi connectivity index (χ0v) is 10.3. The lowest BCUT2D eigenvalue weighted by Gasteiger charge is -2.36. The molecule has 0 aromatic heterocycles. The Balaban J connectivity index is 2.03. The Hall–Kier alpha value is -0.410. The second-order valence-corrected chi connectivity index (χ2v) is 5.00. The molecule has 1 aromatic carbocycles. The Bertz CT molecular complexity index is 347. The molecule has 0 unspecified atom stereocenters. The molecule has 0 saturated heterocycles. The standard InChI is InChI=1S/C12H15BrFN/c1-2-15-10-5-8(6-10)11-7-9(13)3-4-12(11)14/h3-4,7-8,10,15H,2,5-6H2,1H3. The Labute approximate surface area is 98.2 Å². The second-order valence-electron chi connectivity index (χ2n) is 4.09. The van der Waals surface area contributed by atoms with Crippen molar-refractivity contribution in [2.45, 2.75) is 31.7 Å². The molecule has 1 aromatic rings. The number of nitrogens with one attached hydrogen (secondary N) is 1. The third-order valence-electron chi connectivity index (χ3n) is 3.03. The largest absolute Gasteiger partial charge is 0.314 e. The van der Waals surface area contributed by atoms with Crippen molar-refractivity contribution in [3.8, 4) is 0 Å². The molecule has 2 rings (SSSR count). The molecule has 1 saturated carbocycles. The lowest BCUT2D eigenvalue weighted by molar-refractivity contribution is 0.290. The van der Waals surface area contributed by atoms with Crippen LogP contribution in [0.15, 0.2) is 22.7 Å². The fourth-order valence-electron chi connectivity index (χ4n) is 2.15. The van der Waals surface area contributed by atoms with E-state index in [2.05, 4.69) is 28.2 Å². The van der Waals surface area contributed by atoms with Gasteiger partial charge in [0.05, 0.1) is 0 Å². The molecule has 0 aliphatic heterocycles. The van der Waals surface area contributed by atoms with Gasteiger partial charge in [0.15, 0.2) is 0 Å². The van der Waals surface area contributed by atoms with Crippen molar-refractivity contribution >= 4 is 15.9 Å². The van der Waals surface area contributed by atoms with Gasteiger partial charge in [0.1, 0.15) is 5.82 Å². The maximum Gasteiger partial charge on any atom is 0.126 e. The number of rotatable bonds is 3. The molecule has 0 radical (unpaired) electrons. The molecule has 82 valence electrons. The van der Waals surface area contributed by atoms with Crippen molar-refractivity contribution in [1.82, 2.24) is 5.32 Å². The zero-order valence-electron chi connectivity index (χ0n) is 8.76. The molecule has 1 aliphatic carbocycles. The topological polar surface area (TPSA) is 12.0 Å². The summed E-state index contributed by atoms with van der Waals surface area (Å²) in [5, 5.41) is 3.38. The molecule has 0 bridgehead atoms. The van der Waals surface area contributed by atoms with Gasteiger partial charge in [-0.15, -0.1) is 0 Å². The van der Waals surface area contributed by atoms with Crippen LogP contribution in [0.4, 0.5) is 4.39 Å². The average Bonchev–Trinajstić information content (AvgIpc) is 2.15. The fourth-order valence-corrected chi connectivity index (χ4v) is 2.53. The number of hydrogen-bond acceptors (Lipinski definition) is 1. The summed E-state index contributed by atoms with van der Waals surface area (Å²) >= 11 is 3.38. The monoisotopic (exact) mass is 271 g/mol. The van der Waals surface area contributed by atoms with Crippen LogP contribution in [0.25, 0.3) is 0 Å². The van der Waals surface area contributed by atoms with Crippen LogP contribution in [0.5, 0.6) is 0 Å². The van der Waals surface area contributed by atoms with Gasteiger partial charge in [-0.2, -0.15) is 0 Å². The van der Waals surface area contributed by atoms with E-state index in [1.54, 1.807) is 12.1 Å². The van der Waals surface area contributed by atoms with Crippen molar-refractivity contribution in [2.24, 2.45) is 0 Å². The minimum atomic E-state index is -0.0712. The molecule has 1 fully saturated rings. The molecule has 0 atom stereocenters. The van der Waals surface area contributed by atoms with Crippen LogP contribution in [-0.4, -0.2) is 12.6 Å². The molecule has 0 amide bonds. The lowest BCUT2D eigenvalue weighted by Crippen LogP contribution is -2.40. The molecule has 1 nitrogen and oxygen atoms in total. The molecule has 0 spiro atoms. The van der Waals surface area contributed by atoms with Gasteiger partial charge >= 0.3 is 0 Å². The van der Waals surface area contributed by atoms with Gasteiger partial charge in [-0.25, -0.2) is 4.39 Å². The number of hydrogen-bond donors (Lipinski definition) is 1. The lowest BCUT2D eigenvalue weighted by atomic mass is 9.75. The molecular weight excluding hydrogens is 257 g/mol. The number of benzene rings is 1. The van der Waals surface area contributed by atoms with Crippen LogP contribution in [0, 0.1) is 5.82 Å². The van der Waals surface area contributed by atoms with E-state index in [1.165, 1.54) is 0 Å². The molecule has 0 heterocycles. The smallest absolute Gasteiger partial charge is 0.126 e. The highest BCUT2D eigenvalue weighted by Gasteiger charge is 2.31. The normalized spacial score (nSPS) is 25.0. The second kappa shape index (κ2) is 4.62. The van der Waals surface area contributed by atoms with Gasteiger partial charge in [-0.3, -0.25) is 0 Å². The van der Waals surface area contributed by atoms with Crippen LogP contribution >= 0.6 is 15.9 Å². The van der Waals surface area contributed by atoms with Crippen molar-refractivity contribution in [1.29, 1.82) is 0 Å². The summed E-state index contributed by atoms with van der Waals surface area (Å²) in [7, 11) is 0. The minimum absolute atomic E-state index is 0.0712. The van der Waals surface area contributed by atoms with Crippen molar-refractivity contribution in [3.63, 3.8) is 0 Å². The first-order valence-corrected chi connectivity index (χ1v) is 6.18. The van der Waals surface area contributed by atoms with E-state index < -0.39 is 0 Å². The summed E-state index contributed by atoms with van der Waals surface area (Å²) in [5.74, 6) is 0.324. The van der Waals surface area contributed by atoms with Crippen LogP contribution in [0.3, 0.4) is 0 Å². The molecule has 1 aliphatic rings. The maximum absolute atomic E-state index is 13.5. The Morgan fingerprint density at radius 1 is 1.47 bits per heavy atom. The van der Waals surface area contributed by atoms with Gasteiger partial charge in [-0.05, 0) is 49.1 Å². The molecular formula is C12H15BrFN. The summed E-state index contributed by atoms with van der Waals surface area (Å²) < 4.78 is 14.5. The first-order valence-electron chi connectivity index (χ1n) is 5.39. The molecule has 15 heavy (non-hydrogen) atoms. The van der Waals surface area contributed by atoms with E-state index in [0.717, 1.165) is 29.4 Å². The third kappa shape index (κ3) is 2.40. The fraction of sp³-hybridized carbons (Fsp3) is 0.500. The highest BCUT2D eigenvalue weighted by molar-refractivity contribution is 9.10. The van der Waals surface area contributed by atoms with Crippen molar-refractivity contribution in [2.75, 3.05) is 6.54 Å². The third-order valence-corrected chi connectivity index (χ3v) is 3.52. The van der Waals surface area contributed by atoms with Gasteiger partial charge in [0, 0.05) is 10.5 Å². The summed E-state index contributed by atoms with van der Waals surface area (Å²) in [6.45, 7) is 3.10. The van der Waals surface area contributed by atoms with Gasteiger partial charge in [0.2, 0.25) is 0 Å². The van der Waals surface area contributed by atoms with Crippen molar-refractivity contribution in [3.05, 3.63) is 34.1 Å². The predicted molar refractivity (Wildman–Crippen MR) is 63.5 cm³/mol. The molecule has 3 heteroatoms. The highest BCUT2D eigenvalue weighted by Crippen LogP contribution is 2.38. The molecule has 1 N–H and O–H groups in total. The van der Waals surface area contributed by atoms with E-state index in [4.69, 9.17) is 0 Å². The Morgan fingerprint density at radius 3 is 2.87 bits per heavy atom. The zero-order chi connectivity index (χ0) is 10.8. The van der Waals surface area contributed by atoms with Crippen LogP contribution in [-0.2, 0) is 0 Å². The summed E-state index contributed by atoms with van der Waals surface area (Å²) in [5.41, 5.74) is 0.860. The van der Waals surface area contributed by atoms with Crippen LogP contribution in [0.2, 0.25) is 0 Å². The average molecular weight is 272 g/mol. The number of halogens is 2. The van der Waals surface area contributed by atoms with E-state index in [1.807, 2.05) is 6.07 Å². The van der Waals surface area contributed by atoms with E-state index >= 15 is 0 Å². The van der Waals surface area contributed by atoms with E-state index in [-0.39, 0.29) is 5.82 Å². The first kappa shape index (κ1) is 11.1. The Morgan fingerprint density at radius 2 is 2.20 bits per heavy atom. The SMILES string of the molecule is CCNC1CC(c2cc(Br)ccc2F)C1. The maximum atomic E-state index is 13.5. The van der Waals surface area contributed by atoms with E-state index in [9.17, 15) is 4.39 Å². The van der Waals surface area contributed by atoms with Gasteiger partial charge in [-0.1, -0.05) is 22.9 Å². The van der Waals surface area contributed by atoms with Crippen LogP contribution < -0.4 is 5.32 Å². The highest BCUT2D eigenvalue weighted by atomic mass is 79.9. The minimum Gasteiger partial charge on any atom is -0.314 e. The summed E-state index contributed by atoms with van der Waals surface area (Å²) in [4.78, 5) is 0. The quantitative estimate of drug-likeness (QED) is 0.888. The summed E-state index contributed by atoms with van der Waals surface area (Å²) in [6.07, 6.45) is 2.11. The predicted octanol–water partition coefficient (Wildman–Crippen LogP) is 3.44. The van der Waals surface area contributed by atoms with Gasteiger partial charge < -0.3 is 5.32 Å². The van der Waals surface area contributed by atoms with Crippen LogP contribution in [0.1, 0.15) is 31.2 Å². The first-order chi connectivity index (χ1) is 7.20.